The van der Waals surface area contributed by atoms with Crippen molar-refractivity contribution in [1.82, 2.24) is 9.80 Å². The number of amides is 2. The van der Waals surface area contributed by atoms with Crippen molar-refractivity contribution in [2.24, 2.45) is 5.73 Å². The van der Waals surface area contributed by atoms with Crippen LogP contribution in [-0.2, 0) is 9.59 Å². The molecule has 1 rings (SSSR count). The van der Waals surface area contributed by atoms with Crippen LogP contribution in [0.25, 0.3) is 0 Å². The van der Waals surface area contributed by atoms with E-state index in [4.69, 9.17) is 5.73 Å². The fraction of sp³-hybridized carbons (Fsp3) is 0.800. The summed E-state index contributed by atoms with van der Waals surface area (Å²) in [6.45, 7) is 5.92. The third-order valence-corrected chi connectivity index (χ3v) is 2.57. The van der Waals surface area contributed by atoms with E-state index < -0.39 is 0 Å². The molecule has 1 saturated heterocycles. The molecule has 6 heteroatoms. The highest BCUT2D eigenvalue weighted by atomic mass is 35.5. The minimum absolute atomic E-state index is 0. The van der Waals surface area contributed by atoms with Crippen LogP contribution in [0.2, 0.25) is 0 Å². The highest BCUT2D eigenvalue weighted by Crippen LogP contribution is 2.04. The number of rotatable bonds is 2. The Bertz CT molecular complexity index is 250. The molecular formula is C10H20ClN3O2. The maximum atomic E-state index is 11.6. The quantitative estimate of drug-likeness (QED) is 0.739. The van der Waals surface area contributed by atoms with Crippen LogP contribution in [0, 0.1) is 0 Å². The summed E-state index contributed by atoms with van der Waals surface area (Å²) in [6.07, 6.45) is 0.389. The van der Waals surface area contributed by atoms with Gasteiger partial charge in [-0.25, -0.2) is 0 Å². The second-order valence-corrected chi connectivity index (χ2v) is 4.07. The van der Waals surface area contributed by atoms with E-state index >= 15 is 0 Å². The maximum Gasteiger partial charge on any atom is 0.224 e. The van der Waals surface area contributed by atoms with Crippen molar-refractivity contribution in [3.8, 4) is 0 Å². The predicted octanol–water partition coefficient (Wildman–Crippen LogP) is -0.164. The number of halogens is 1. The summed E-state index contributed by atoms with van der Waals surface area (Å²) >= 11 is 0. The topological polar surface area (TPSA) is 66.6 Å². The highest BCUT2D eigenvalue weighted by molar-refractivity contribution is 5.85. The van der Waals surface area contributed by atoms with E-state index in [0.29, 0.717) is 32.6 Å². The Labute approximate surface area is 102 Å². The maximum absolute atomic E-state index is 11.6. The molecule has 1 aliphatic heterocycles. The fourth-order valence-electron chi connectivity index (χ4n) is 1.68. The third kappa shape index (κ3) is 4.37. The summed E-state index contributed by atoms with van der Waals surface area (Å²) in [7, 11) is 0. The fourth-order valence-corrected chi connectivity index (χ4v) is 1.68. The van der Waals surface area contributed by atoms with E-state index in [9.17, 15) is 9.59 Å². The highest BCUT2D eigenvalue weighted by Gasteiger charge is 2.22. The molecule has 0 radical (unpaired) electrons. The second kappa shape index (κ2) is 6.70. The Hall–Kier alpha value is -0.810. The molecule has 0 aromatic heterocycles. The first-order chi connectivity index (χ1) is 7.00. The summed E-state index contributed by atoms with van der Waals surface area (Å²) < 4.78 is 0. The van der Waals surface area contributed by atoms with E-state index in [1.54, 1.807) is 16.7 Å². The minimum atomic E-state index is -0.0941. The SMILES string of the molecule is CC(=O)N1CCN(C(=O)CC(C)N)CC1.Cl. The molecule has 0 aliphatic carbocycles. The Morgan fingerprint density at radius 3 is 2.00 bits per heavy atom. The van der Waals surface area contributed by atoms with Crippen LogP contribution in [0.15, 0.2) is 0 Å². The zero-order valence-electron chi connectivity index (χ0n) is 9.81. The minimum Gasteiger partial charge on any atom is -0.339 e. The van der Waals surface area contributed by atoms with Gasteiger partial charge in [-0.1, -0.05) is 0 Å². The van der Waals surface area contributed by atoms with Gasteiger partial charge in [0.15, 0.2) is 0 Å². The van der Waals surface area contributed by atoms with Crippen molar-refractivity contribution in [2.75, 3.05) is 26.2 Å². The lowest BCUT2D eigenvalue weighted by atomic mass is 10.2. The van der Waals surface area contributed by atoms with Gasteiger partial charge in [-0.3, -0.25) is 9.59 Å². The first kappa shape index (κ1) is 15.2. The Kier molecular flexibility index (Phi) is 6.36. The smallest absolute Gasteiger partial charge is 0.224 e. The Balaban J connectivity index is 0.00000225. The van der Waals surface area contributed by atoms with Gasteiger partial charge in [0.1, 0.15) is 0 Å². The van der Waals surface area contributed by atoms with E-state index in [1.807, 2.05) is 6.92 Å². The van der Waals surface area contributed by atoms with Crippen LogP contribution in [0.5, 0.6) is 0 Å². The second-order valence-electron chi connectivity index (χ2n) is 4.07. The molecule has 2 amide bonds. The lowest BCUT2D eigenvalue weighted by Crippen LogP contribution is -2.50. The standard InChI is InChI=1S/C10H19N3O2.ClH/c1-8(11)7-10(15)13-5-3-12(4-6-13)9(2)14;/h8H,3-7,11H2,1-2H3;1H. The molecule has 0 spiro atoms. The number of carbonyl (C=O) groups is 2. The summed E-state index contributed by atoms with van der Waals surface area (Å²) in [4.78, 5) is 26.2. The zero-order valence-corrected chi connectivity index (χ0v) is 10.6. The number of hydrogen-bond acceptors (Lipinski definition) is 3. The van der Waals surface area contributed by atoms with Gasteiger partial charge in [-0.15, -0.1) is 12.4 Å². The summed E-state index contributed by atoms with van der Waals surface area (Å²) in [5, 5.41) is 0. The van der Waals surface area contributed by atoms with Crippen LogP contribution < -0.4 is 5.73 Å². The van der Waals surface area contributed by atoms with E-state index in [1.165, 1.54) is 0 Å². The van der Waals surface area contributed by atoms with Gasteiger partial charge in [0.2, 0.25) is 11.8 Å². The van der Waals surface area contributed by atoms with Crippen LogP contribution in [0.1, 0.15) is 20.3 Å². The summed E-state index contributed by atoms with van der Waals surface area (Å²) in [6, 6.07) is -0.0941. The van der Waals surface area contributed by atoms with Crippen LogP contribution >= 0.6 is 12.4 Å². The monoisotopic (exact) mass is 249 g/mol. The molecule has 2 N–H and O–H groups in total. The molecule has 5 nitrogen and oxygen atoms in total. The van der Waals surface area contributed by atoms with Crippen molar-refractivity contribution < 1.29 is 9.59 Å². The first-order valence-electron chi connectivity index (χ1n) is 5.29. The van der Waals surface area contributed by atoms with Crippen LogP contribution in [0.4, 0.5) is 0 Å². The first-order valence-corrected chi connectivity index (χ1v) is 5.29. The molecule has 0 bridgehead atoms. The molecule has 0 aromatic carbocycles. The van der Waals surface area contributed by atoms with E-state index in [0.717, 1.165) is 0 Å². The van der Waals surface area contributed by atoms with Gasteiger partial charge in [0.25, 0.3) is 0 Å². The van der Waals surface area contributed by atoms with Gasteiger partial charge >= 0.3 is 0 Å². The van der Waals surface area contributed by atoms with Crippen molar-refractivity contribution in [1.29, 1.82) is 0 Å². The largest absolute Gasteiger partial charge is 0.339 e. The molecule has 1 unspecified atom stereocenters. The molecular weight excluding hydrogens is 230 g/mol. The molecule has 0 saturated carbocycles. The Morgan fingerprint density at radius 2 is 1.62 bits per heavy atom. The molecule has 94 valence electrons. The van der Waals surface area contributed by atoms with Gasteiger partial charge in [-0.05, 0) is 6.92 Å². The summed E-state index contributed by atoms with van der Waals surface area (Å²) in [5.41, 5.74) is 5.56. The molecule has 16 heavy (non-hydrogen) atoms. The molecule has 1 aliphatic rings. The number of nitrogens with zero attached hydrogens (tertiary/aromatic N) is 2. The normalized spacial score (nSPS) is 17.7. The van der Waals surface area contributed by atoms with Gasteiger partial charge in [0.05, 0.1) is 0 Å². The van der Waals surface area contributed by atoms with E-state index in [2.05, 4.69) is 0 Å². The van der Waals surface area contributed by atoms with Crippen LogP contribution in [-0.4, -0.2) is 53.8 Å². The lowest BCUT2D eigenvalue weighted by Gasteiger charge is -2.34. The lowest BCUT2D eigenvalue weighted by molar-refractivity contribution is -0.138. The molecule has 1 heterocycles. The average Bonchev–Trinajstić information content (AvgIpc) is 2.17. The van der Waals surface area contributed by atoms with Crippen LogP contribution in [0.3, 0.4) is 0 Å². The van der Waals surface area contributed by atoms with Crippen molar-refractivity contribution in [3.63, 3.8) is 0 Å². The van der Waals surface area contributed by atoms with E-state index in [-0.39, 0.29) is 30.3 Å². The van der Waals surface area contributed by atoms with Crippen molar-refractivity contribution in [2.45, 2.75) is 26.3 Å². The molecule has 1 atom stereocenters. The van der Waals surface area contributed by atoms with Gasteiger partial charge in [0, 0.05) is 45.6 Å². The number of carbonyl (C=O) groups excluding carboxylic acids is 2. The van der Waals surface area contributed by atoms with Crippen molar-refractivity contribution >= 4 is 24.2 Å². The predicted molar refractivity (Wildman–Crippen MR) is 64.3 cm³/mol. The van der Waals surface area contributed by atoms with Gasteiger partial charge < -0.3 is 15.5 Å². The number of piperazine rings is 1. The summed E-state index contributed by atoms with van der Waals surface area (Å²) in [5.74, 6) is 0.169. The Morgan fingerprint density at radius 1 is 1.19 bits per heavy atom. The number of hydrogen-bond donors (Lipinski definition) is 1. The van der Waals surface area contributed by atoms with Gasteiger partial charge in [-0.2, -0.15) is 0 Å². The third-order valence-electron chi connectivity index (χ3n) is 2.57. The zero-order chi connectivity index (χ0) is 11.4. The average molecular weight is 250 g/mol. The molecule has 0 aromatic rings. The van der Waals surface area contributed by atoms with Crippen molar-refractivity contribution in [3.05, 3.63) is 0 Å². The number of nitrogens with two attached hydrogens (primary N) is 1. The molecule has 1 fully saturated rings.